The van der Waals surface area contributed by atoms with Crippen LogP contribution in [0, 0.1) is 6.92 Å². The molecule has 0 radical (unpaired) electrons. The average Bonchev–Trinajstić information content (AvgIpc) is 3.25. The minimum absolute atomic E-state index is 0.136. The summed E-state index contributed by atoms with van der Waals surface area (Å²) in [6.07, 6.45) is 1.58. The maximum absolute atomic E-state index is 12.6. The van der Waals surface area contributed by atoms with Crippen LogP contribution in [0.1, 0.15) is 67.1 Å². The molecule has 0 saturated heterocycles. The van der Waals surface area contributed by atoms with E-state index in [-0.39, 0.29) is 23.3 Å². The van der Waals surface area contributed by atoms with Crippen molar-refractivity contribution in [2.75, 3.05) is 10.6 Å². The summed E-state index contributed by atoms with van der Waals surface area (Å²) in [6.45, 7) is 7.60. The monoisotopic (exact) mass is 441 g/mol. The van der Waals surface area contributed by atoms with E-state index in [2.05, 4.69) is 16.0 Å². The van der Waals surface area contributed by atoms with Gasteiger partial charge in [0, 0.05) is 10.6 Å². The van der Waals surface area contributed by atoms with Crippen molar-refractivity contribution in [2.45, 2.75) is 52.1 Å². The van der Waals surface area contributed by atoms with Gasteiger partial charge in [-0.2, -0.15) is 0 Å². The number of hydrogen-bond acceptors (Lipinski definition) is 6. The van der Waals surface area contributed by atoms with Gasteiger partial charge in [0.25, 0.3) is 16.8 Å². The molecule has 31 heavy (non-hydrogen) atoms. The van der Waals surface area contributed by atoms with Crippen molar-refractivity contribution >= 4 is 34.6 Å². The van der Waals surface area contributed by atoms with Crippen LogP contribution in [0.2, 0.25) is 5.02 Å². The molecule has 162 valence electrons. The summed E-state index contributed by atoms with van der Waals surface area (Å²) in [5, 5.41) is 9.53. The fraction of sp³-hybridized carbons (Fsp3) is 0.348. The maximum atomic E-state index is 12.6. The van der Waals surface area contributed by atoms with Crippen molar-refractivity contribution in [2.24, 2.45) is 0 Å². The molecule has 2 aromatic carbocycles. The molecular formula is C23H24ClN3O4. The normalized spacial score (nSPS) is 15.6. The second-order valence-corrected chi connectivity index (χ2v) is 8.80. The van der Waals surface area contributed by atoms with Crippen molar-refractivity contribution < 1.29 is 9.21 Å². The molecule has 1 aliphatic rings. The molecule has 2 heterocycles. The van der Waals surface area contributed by atoms with E-state index < -0.39 is 16.4 Å². The number of rotatable bonds is 7. The van der Waals surface area contributed by atoms with E-state index >= 15 is 0 Å². The van der Waals surface area contributed by atoms with Gasteiger partial charge >= 0.3 is 0 Å². The van der Waals surface area contributed by atoms with Gasteiger partial charge in [0.05, 0.1) is 22.8 Å². The predicted octanol–water partition coefficient (Wildman–Crippen LogP) is 4.51. The fourth-order valence-electron chi connectivity index (χ4n) is 4.11. The summed E-state index contributed by atoms with van der Waals surface area (Å²) in [5.41, 5.74) is -0.0687. The van der Waals surface area contributed by atoms with E-state index in [1.54, 1.807) is 12.1 Å². The molecule has 1 amide bonds. The molecule has 1 atom stereocenters. The number of fused-ring (bicyclic) bond motifs is 1. The van der Waals surface area contributed by atoms with Crippen LogP contribution < -0.4 is 26.8 Å². The zero-order chi connectivity index (χ0) is 22.5. The van der Waals surface area contributed by atoms with Crippen LogP contribution in [-0.4, -0.2) is 5.91 Å². The first kappa shape index (κ1) is 21.2. The van der Waals surface area contributed by atoms with E-state index in [4.69, 9.17) is 16.0 Å². The minimum Gasteiger partial charge on any atom is -0.464 e. The zero-order valence-electron chi connectivity index (χ0n) is 17.8. The van der Waals surface area contributed by atoms with Gasteiger partial charge in [-0.3, -0.25) is 14.4 Å². The molecule has 0 unspecified atom stereocenters. The number of nitrogens with one attached hydrogen (secondary N) is 3. The van der Waals surface area contributed by atoms with Crippen LogP contribution in [0.3, 0.4) is 0 Å². The van der Waals surface area contributed by atoms with Crippen molar-refractivity contribution in [1.82, 2.24) is 5.32 Å². The largest absolute Gasteiger partial charge is 0.464 e. The predicted molar refractivity (Wildman–Crippen MR) is 121 cm³/mol. The number of halogens is 1. The molecule has 0 spiro atoms. The van der Waals surface area contributed by atoms with Gasteiger partial charge in [0.2, 0.25) is 0 Å². The van der Waals surface area contributed by atoms with Gasteiger partial charge in [-0.1, -0.05) is 24.9 Å². The topological polar surface area (TPSA) is 100 Å². The Morgan fingerprint density at radius 2 is 1.81 bits per heavy atom. The number of hydrogen-bond donors (Lipinski definition) is 3. The Kier molecular flexibility index (Phi) is 5.17. The summed E-state index contributed by atoms with van der Waals surface area (Å²) in [6, 6.07) is 6.79. The van der Waals surface area contributed by atoms with Crippen LogP contribution in [0.15, 0.2) is 38.3 Å². The number of amides is 1. The molecule has 0 aliphatic carbocycles. The van der Waals surface area contributed by atoms with E-state index in [9.17, 15) is 14.4 Å². The van der Waals surface area contributed by atoms with Crippen LogP contribution in [0.25, 0.3) is 0 Å². The number of carbonyl (C=O) groups is 1. The van der Waals surface area contributed by atoms with Gasteiger partial charge in [0.15, 0.2) is 0 Å². The summed E-state index contributed by atoms with van der Waals surface area (Å²) in [4.78, 5) is 37.3. The number of anilines is 3. The molecule has 0 saturated carbocycles. The average molecular weight is 442 g/mol. The molecule has 3 aromatic rings. The van der Waals surface area contributed by atoms with Gasteiger partial charge in [-0.25, -0.2) is 0 Å². The second-order valence-electron chi connectivity index (χ2n) is 8.39. The Morgan fingerprint density at radius 1 is 1.10 bits per heavy atom. The molecule has 1 aromatic heterocycles. The molecular weight excluding hydrogens is 418 g/mol. The van der Waals surface area contributed by atoms with Crippen molar-refractivity contribution in [3.8, 4) is 0 Å². The second kappa shape index (κ2) is 7.57. The van der Waals surface area contributed by atoms with Crippen molar-refractivity contribution in [3.05, 3.63) is 72.4 Å². The van der Waals surface area contributed by atoms with Crippen molar-refractivity contribution in [3.63, 3.8) is 0 Å². The lowest BCUT2D eigenvalue weighted by molar-refractivity contribution is 0.0941. The molecule has 3 N–H and O–H groups in total. The van der Waals surface area contributed by atoms with Gasteiger partial charge < -0.3 is 20.4 Å². The van der Waals surface area contributed by atoms with Gasteiger partial charge in [-0.15, -0.1) is 0 Å². The highest BCUT2D eigenvalue weighted by Crippen LogP contribution is 2.41. The highest BCUT2D eigenvalue weighted by molar-refractivity contribution is 6.32. The number of aryl methyl sites for hydroxylation is 1. The Balaban J connectivity index is 1.69. The van der Waals surface area contributed by atoms with E-state index in [0.29, 0.717) is 27.6 Å². The first-order valence-corrected chi connectivity index (χ1v) is 10.6. The highest BCUT2D eigenvalue weighted by Gasteiger charge is 2.39. The number of carbonyl (C=O) groups excluding carboxylic acids is 1. The smallest absolute Gasteiger partial charge is 0.254 e. The SMILES string of the molecule is CCC[C@@H](Nc1c(Nc2ccc(Cl)c3c2C(=O)NC3(C)C)c(=O)c1=O)c1ccc(C)o1. The summed E-state index contributed by atoms with van der Waals surface area (Å²) >= 11 is 6.35. The Labute approximate surface area is 184 Å². The quantitative estimate of drug-likeness (QED) is 0.466. The van der Waals surface area contributed by atoms with Crippen LogP contribution in [0.4, 0.5) is 17.1 Å². The lowest BCUT2D eigenvalue weighted by atomic mass is 9.93. The number of benzene rings is 1. The number of furan rings is 1. The maximum Gasteiger partial charge on any atom is 0.254 e. The molecule has 4 rings (SSSR count). The van der Waals surface area contributed by atoms with E-state index in [1.165, 1.54) is 0 Å². The van der Waals surface area contributed by atoms with Gasteiger partial charge in [-0.05, 0) is 51.5 Å². The first-order valence-electron chi connectivity index (χ1n) is 10.2. The Bertz CT molecular complexity index is 1250. The molecule has 1 aliphatic heterocycles. The zero-order valence-corrected chi connectivity index (χ0v) is 18.6. The molecule has 0 fully saturated rings. The lowest BCUT2D eigenvalue weighted by Gasteiger charge is -2.22. The van der Waals surface area contributed by atoms with E-state index in [0.717, 1.165) is 18.6 Å². The van der Waals surface area contributed by atoms with Crippen LogP contribution in [0.5, 0.6) is 0 Å². The lowest BCUT2D eigenvalue weighted by Crippen LogP contribution is -2.37. The highest BCUT2D eigenvalue weighted by atomic mass is 35.5. The Hall–Kier alpha value is -3.06. The standard InChI is InChI=1S/C23H24ClN3O4/c1-5-6-13(15-10-7-11(2)31-15)25-18-19(21(29)20(18)28)26-14-9-8-12(24)17-16(14)22(30)27-23(17,3)4/h7-10,13,25-26H,5-6H2,1-4H3,(H,27,30)/t13-/m1/s1. The Morgan fingerprint density at radius 3 is 2.45 bits per heavy atom. The van der Waals surface area contributed by atoms with Gasteiger partial charge in [0.1, 0.15) is 22.9 Å². The van der Waals surface area contributed by atoms with Crippen molar-refractivity contribution in [1.29, 1.82) is 0 Å². The summed E-state index contributed by atoms with van der Waals surface area (Å²) in [7, 11) is 0. The third kappa shape index (κ3) is 3.53. The third-order valence-corrected chi connectivity index (χ3v) is 5.92. The van der Waals surface area contributed by atoms with E-state index in [1.807, 2.05) is 39.8 Å². The first-order chi connectivity index (χ1) is 14.6. The summed E-state index contributed by atoms with van der Waals surface area (Å²) < 4.78 is 5.72. The fourth-order valence-corrected chi connectivity index (χ4v) is 4.50. The molecule has 7 nitrogen and oxygen atoms in total. The molecule has 0 bridgehead atoms. The summed E-state index contributed by atoms with van der Waals surface area (Å²) in [5.74, 6) is 1.19. The third-order valence-electron chi connectivity index (χ3n) is 5.60. The van der Waals surface area contributed by atoms with Crippen LogP contribution in [-0.2, 0) is 5.54 Å². The minimum atomic E-state index is -0.639. The van der Waals surface area contributed by atoms with Crippen LogP contribution >= 0.6 is 11.6 Å². The molecule has 8 heteroatoms.